The summed E-state index contributed by atoms with van der Waals surface area (Å²) in [6.45, 7) is 2.98. The number of fused-ring (bicyclic) bond motifs is 2. The fourth-order valence-corrected chi connectivity index (χ4v) is 14.6. The molecule has 0 aliphatic carbocycles. The summed E-state index contributed by atoms with van der Waals surface area (Å²) < 4.78 is 0. The maximum absolute atomic E-state index is 15.3. The number of nitrogens with one attached hydrogen (secondary N) is 16. The van der Waals surface area contributed by atoms with E-state index < -0.39 is 225 Å². The van der Waals surface area contributed by atoms with Gasteiger partial charge in [-0.2, -0.15) is 0 Å². The molecule has 39 heteroatoms. The lowest BCUT2D eigenvalue weighted by Gasteiger charge is -2.31. The molecule has 6 rings (SSSR count). The summed E-state index contributed by atoms with van der Waals surface area (Å²) in [5, 5.41) is 75.0. The van der Waals surface area contributed by atoms with Gasteiger partial charge in [0.1, 0.15) is 66.5 Å². The number of carbonyl (C=O) groups is 15. The first-order valence-corrected chi connectivity index (χ1v) is 43.0. The third-order valence-electron chi connectivity index (χ3n) is 21.5. The quantitative estimate of drug-likeness (QED) is 0.0143. The molecule has 39 nitrogen and oxygen atoms in total. The Bertz CT molecular complexity index is 4110. The highest BCUT2D eigenvalue weighted by Crippen LogP contribution is 2.24. The number of unbranched alkanes of at least 4 members (excludes halogenated alkanes) is 13. The summed E-state index contributed by atoms with van der Waals surface area (Å²) in [4.78, 5) is 223. The second kappa shape index (κ2) is 54.0. The fourth-order valence-electron chi connectivity index (χ4n) is 14.6. The van der Waals surface area contributed by atoms with Crippen molar-refractivity contribution in [3.63, 3.8) is 0 Å². The molecule has 2 aromatic heterocycles. The third kappa shape index (κ3) is 35.8. The van der Waals surface area contributed by atoms with E-state index in [9.17, 15) is 82.4 Å². The number of aromatic amines is 2. The van der Waals surface area contributed by atoms with Gasteiger partial charge in [-0.25, -0.2) is 4.98 Å². The van der Waals surface area contributed by atoms with Crippen LogP contribution in [0.4, 0.5) is 0 Å². The third-order valence-corrected chi connectivity index (χ3v) is 21.5. The van der Waals surface area contributed by atoms with E-state index in [1.54, 1.807) is 55.6 Å². The molecule has 123 heavy (non-hydrogen) atoms. The molecular weight excluding hydrogens is 1590 g/mol. The SMILES string of the molecule is CCCCCCCCCCCCCCCC(=O)NCC(=O)N[C@H](C(=O)N[C@@H](CCC(N)=O)C(=O)N[C@@H](Cc1c[nH]cn1)C(=O)N[C@@H](CO)C(=O)N[C@@H](CCCC)C(=O)N[C@H]1CCC(=O)NCCCC[C@@H](C(N)=O)NC(=O)[C@H](Cc2c[nH]c3ccccc23)NC(=O)[C@H](CCCNC(=N)N)NC(=O)C(Cc2ccccc2)NC(=O)[C@@H]2CC(O)CN2C1=O)C(C)O. The van der Waals surface area contributed by atoms with Gasteiger partial charge in [-0.05, 0) is 81.9 Å². The number of nitrogens with zero attached hydrogens (tertiary/aromatic N) is 2. The molecule has 2 saturated heterocycles. The van der Waals surface area contributed by atoms with Gasteiger partial charge in [0, 0.05) is 87.9 Å². The number of para-hydroxylation sites is 1. The van der Waals surface area contributed by atoms with Crippen molar-refractivity contribution < 1.29 is 87.2 Å². The Balaban J connectivity index is 1.20. The number of nitrogens with two attached hydrogens (primary N) is 3. The van der Waals surface area contributed by atoms with E-state index in [2.05, 4.69) is 91.0 Å². The number of aliphatic hydroxyl groups excluding tert-OH is 3. The number of rotatable bonds is 46. The summed E-state index contributed by atoms with van der Waals surface area (Å²) in [6.07, 6.45) is 13.8. The van der Waals surface area contributed by atoms with Crippen molar-refractivity contribution >= 4 is 105 Å². The van der Waals surface area contributed by atoms with Crippen molar-refractivity contribution in [3.8, 4) is 0 Å². The van der Waals surface area contributed by atoms with Gasteiger partial charge in [0.25, 0.3) is 0 Å². The Morgan fingerprint density at radius 3 is 1.85 bits per heavy atom. The number of primary amides is 2. The molecule has 678 valence electrons. The van der Waals surface area contributed by atoms with Crippen LogP contribution in [0.15, 0.2) is 73.3 Å². The molecule has 0 bridgehead atoms. The Kier molecular flexibility index (Phi) is 44.0. The molecule has 0 spiro atoms. The van der Waals surface area contributed by atoms with E-state index in [-0.39, 0.29) is 89.0 Å². The van der Waals surface area contributed by atoms with E-state index in [1.807, 2.05) is 12.1 Å². The van der Waals surface area contributed by atoms with Crippen molar-refractivity contribution in [1.82, 2.24) is 89.0 Å². The number of amides is 15. The van der Waals surface area contributed by atoms with Crippen LogP contribution in [-0.2, 0) is 91.2 Å². The first-order chi connectivity index (χ1) is 59.0. The summed E-state index contributed by atoms with van der Waals surface area (Å²) in [5.74, 6) is -14.2. The Morgan fingerprint density at radius 2 is 1.20 bits per heavy atom. The number of H-pyrrole nitrogens is 2. The van der Waals surface area contributed by atoms with Crippen LogP contribution in [0.2, 0.25) is 0 Å². The molecular formula is C84H129N21O18. The van der Waals surface area contributed by atoms with Crippen LogP contribution >= 0.6 is 0 Å². The van der Waals surface area contributed by atoms with E-state index in [4.69, 9.17) is 22.6 Å². The number of hydrogen-bond acceptors (Lipinski definition) is 20. The Labute approximate surface area is 716 Å². The topological polar surface area (TPSA) is 623 Å². The first kappa shape index (κ1) is 100. The highest BCUT2D eigenvalue weighted by Gasteiger charge is 2.44. The van der Waals surface area contributed by atoms with Crippen molar-refractivity contribution in [3.05, 3.63) is 90.1 Å². The maximum Gasteiger partial charge on any atom is 0.245 e. The number of hydrogen-bond donors (Lipinski definition) is 22. The van der Waals surface area contributed by atoms with Gasteiger partial charge in [0.2, 0.25) is 88.6 Å². The zero-order valence-electron chi connectivity index (χ0n) is 70.8. The number of aromatic nitrogens is 3. The van der Waals surface area contributed by atoms with Crippen molar-refractivity contribution in [2.75, 3.05) is 32.8 Å². The van der Waals surface area contributed by atoms with Crippen LogP contribution < -0.4 is 86.3 Å². The van der Waals surface area contributed by atoms with Gasteiger partial charge < -0.3 is 117 Å². The number of carbonyl (C=O) groups excluding carboxylic acids is 15. The molecule has 3 unspecified atom stereocenters. The predicted molar refractivity (Wildman–Crippen MR) is 454 cm³/mol. The number of aliphatic hydroxyl groups is 3. The minimum Gasteiger partial charge on any atom is -0.394 e. The summed E-state index contributed by atoms with van der Waals surface area (Å²) in [7, 11) is 0. The molecule has 2 aliphatic heterocycles. The summed E-state index contributed by atoms with van der Waals surface area (Å²) >= 11 is 0. The summed E-state index contributed by atoms with van der Waals surface area (Å²) in [6, 6.07) is -1.95. The van der Waals surface area contributed by atoms with Crippen molar-refractivity contribution in [1.29, 1.82) is 5.41 Å². The fraction of sp³-hybridized carbons (Fsp3) is 0.607. The van der Waals surface area contributed by atoms with Crippen LogP contribution in [0.1, 0.15) is 211 Å². The summed E-state index contributed by atoms with van der Waals surface area (Å²) in [5.41, 5.74) is 19.0. The minimum atomic E-state index is -1.90. The van der Waals surface area contributed by atoms with E-state index in [0.717, 1.165) is 41.5 Å². The van der Waals surface area contributed by atoms with Gasteiger partial charge in [0.15, 0.2) is 5.96 Å². The Hall–Kier alpha value is -11.6. The molecule has 25 N–H and O–H groups in total. The molecule has 2 aromatic carbocycles. The maximum atomic E-state index is 15.3. The number of benzene rings is 2. The van der Waals surface area contributed by atoms with Gasteiger partial charge >= 0.3 is 0 Å². The average Bonchev–Trinajstić information content (AvgIpc) is 1.70. The molecule has 2 fully saturated rings. The van der Waals surface area contributed by atoms with Gasteiger partial charge in [0.05, 0.1) is 37.4 Å². The average molecular weight is 1720 g/mol. The van der Waals surface area contributed by atoms with Crippen LogP contribution in [0.25, 0.3) is 10.9 Å². The molecule has 15 amide bonds. The van der Waals surface area contributed by atoms with Gasteiger partial charge in [-0.1, -0.05) is 152 Å². The normalized spacial score (nSPS) is 19.8. The van der Waals surface area contributed by atoms with Crippen LogP contribution in [0.5, 0.6) is 0 Å². The first-order valence-electron chi connectivity index (χ1n) is 43.0. The molecule has 4 aromatic rings. The van der Waals surface area contributed by atoms with Gasteiger partial charge in [-0.15, -0.1) is 0 Å². The highest BCUT2D eigenvalue weighted by atomic mass is 16.3. The minimum absolute atomic E-state index is 0.0147. The van der Waals surface area contributed by atoms with E-state index >= 15 is 4.79 Å². The van der Waals surface area contributed by atoms with Crippen LogP contribution in [0, 0.1) is 5.41 Å². The van der Waals surface area contributed by atoms with Crippen molar-refractivity contribution in [2.24, 2.45) is 17.2 Å². The lowest BCUT2D eigenvalue weighted by Crippen LogP contribution is -2.61. The lowest BCUT2D eigenvalue weighted by molar-refractivity contribution is -0.143. The second-order valence-electron chi connectivity index (χ2n) is 31.6. The zero-order chi connectivity index (χ0) is 89.8. The standard InChI is InChI=1S/C84H129N21O18/c1-4-6-8-9-10-11-12-13-14-15-16-17-21-34-69(110)93-47-71(112)104-72(51(3)107)82(122)98-61(35-37-68(85)109)76(116)101-65(43-54-46-89-50-94-54)79(119)103-66(49-106)80(120)97-59(30-7-5-2)74(114)99-62-36-38-70(111)90-39-25-24-32-58(73(86)113)95-78(118)64(42-53-45-92-57-31-23-22-29-56(53)57)100-75(115)60(33-26-40-91-84(87)88)96-77(117)63(41-52-27-19-18-20-28-52)102-81(121)67-44-55(108)48-105(67)83(62)123/h18-20,22-23,27-29,31,45-46,50-51,55,58-67,72,92,106-108H,4-17,21,24-26,30,32-44,47-49H2,1-3H3,(H2,85,109)(H2,86,113)(H,89,94)(H,90,111)(H,93,110)(H,95,118)(H,96,117)(H,97,120)(H,98,122)(H,99,114)(H,100,115)(H,101,116)(H,102,121)(H,103,119)(H,104,112)(H4,87,88,91)/t51?,55?,58-,59-,60-,61-,62-,63?,64-,65-,66-,67-,72-/m0/s1. The van der Waals surface area contributed by atoms with Gasteiger partial charge in [-0.3, -0.25) is 77.3 Å². The highest BCUT2D eigenvalue weighted by molar-refractivity contribution is 6.00. The molecule has 13 atom stereocenters. The zero-order valence-corrected chi connectivity index (χ0v) is 70.8. The number of imidazole rings is 1. The lowest BCUT2D eigenvalue weighted by atomic mass is 10.0. The van der Waals surface area contributed by atoms with Crippen molar-refractivity contribution in [2.45, 2.75) is 292 Å². The van der Waals surface area contributed by atoms with Crippen LogP contribution in [0.3, 0.4) is 0 Å². The monoisotopic (exact) mass is 1720 g/mol. The largest absolute Gasteiger partial charge is 0.394 e. The predicted octanol–water partition coefficient (Wildman–Crippen LogP) is -1.02. The molecule has 0 saturated carbocycles. The second-order valence-corrected chi connectivity index (χ2v) is 31.6. The van der Waals surface area contributed by atoms with Crippen LogP contribution in [-0.4, -0.2) is 241 Å². The Morgan fingerprint density at radius 1 is 0.610 bits per heavy atom. The smallest absolute Gasteiger partial charge is 0.245 e. The van der Waals surface area contributed by atoms with E-state index in [0.29, 0.717) is 24.0 Å². The molecule has 2 aliphatic rings. The molecule has 4 heterocycles. The molecule has 0 radical (unpaired) electrons. The number of guanidine groups is 1. The van der Waals surface area contributed by atoms with E-state index in [1.165, 1.54) is 70.8 Å².